The van der Waals surface area contributed by atoms with Crippen molar-refractivity contribution < 1.29 is 26.8 Å². The van der Waals surface area contributed by atoms with Gasteiger partial charge in [0.2, 0.25) is 21.8 Å². The number of nitrogens with zero attached hydrogens (tertiary/aromatic N) is 3. The smallest absolute Gasteiger partial charge is 0.249 e. The molecule has 0 bridgehead atoms. The second kappa shape index (κ2) is 8.86. The van der Waals surface area contributed by atoms with E-state index in [9.17, 15) is 26.8 Å². The zero-order valence-corrected chi connectivity index (χ0v) is 18.5. The molecule has 2 aliphatic rings. The van der Waals surface area contributed by atoms with Gasteiger partial charge in [-0.2, -0.15) is 4.31 Å². The molecular formula is C21H20ClF2N3O4S. The Balaban J connectivity index is 1.42. The summed E-state index contributed by atoms with van der Waals surface area (Å²) in [6.45, 7) is 0.352. The molecule has 2 aromatic rings. The van der Waals surface area contributed by atoms with Crippen LogP contribution in [0.25, 0.3) is 0 Å². The molecule has 11 heteroatoms. The van der Waals surface area contributed by atoms with Crippen molar-refractivity contribution in [3.05, 3.63) is 64.7 Å². The highest BCUT2D eigenvalue weighted by Crippen LogP contribution is 2.26. The average Bonchev–Trinajstić information content (AvgIpc) is 3.03. The number of halogens is 3. The summed E-state index contributed by atoms with van der Waals surface area (Å²) in [5.41, 5.74) is 0.763. The number of imide groups is 1. The van der Waals surface area contributed by atoms with E-state index in [1.807, 2.05) is 0 Å². The van der Waals surface area contributed by atoms with Crippen LogP contribution in [0, 0.1) is 11.6 Å². The summed E-state index contributed by atoms with van der Waals surface area (Å²) < 4.78 is 54.5. The molecule has 2 fully saturated rings. The van der Waals surface area contributed by atoms with Crippen molar-refractivity contribution in [2.45, 2.75) is 23.9 Å². The van der Waals surface area contributed by atoms with Crippen molar-refractivity contribution >= 4 is 33.4 Å². The maximum atomic E-state index is 14.0. The maximum Gasteiger partial charge on any atom is 0.249 e. The Morgan fingerprint density at radius 1 is 0.938 bits per heavy atom. The van der Waals surface area contributed by atoms with E-state index in [2.05, 4.69) is 0 Å². The van der Waals surface area contributed by atoms with Gasteiger partial charge in [-0.15, -0.1) is 0 Å². The minimum Gasteiger partial charge on any atom is -0.289 e. The molecule has 2 aromatic carbocycles. The summed E-state index contributed by atoms with van der Waals surface area (Å²) in [4.78, 5) is 27.3. The first-order chi connectivity index (χ1) is 15.2. The van der Waals surface area contributed by atoms with Gasteiger partial charge < -0.3 is 0 Å². The molecule has 0 unspecified atom stereocenters. The molecule has 2 aliphatic heterocycles. The molecule has 4 rings (SSSR count). The van der Waals surface area contributed by atoms with E-state index >= 15 is 0 Å². The van der Waals surface area contributed by atoms with E-state index in [0.29, 0.717) is 5.02 Å². The number of likely N-dealkylation sites (tertiary alicyclic amines) is 1. The Bertz CT molecular complexity index is 1130. The van der Waals surface area contributed by atoms with Crippen LogP contribution < -0.4 is 0 Å². The molecule has 0 aromatic heterocycles. The topological polar surface area (TPSA) is 78.0 Å². The van der Waals surface area contributed by atoms with Crippen LogP contribution in [0.2, 0.25) is 5.02 Å². The quantitative estimate of drug-likeness (QED) is 0.610. The SMILES string of the molecule is O=C1C[C@@H](N2CCN(S(=O)(=O)c3c(F)cccc3F)CC2)C(=O)N1Cc1ccc(Cl)cc1. The zero-order valence-electron chi connectivity index (χ0n) is 16.9. The minimum atomic E-state index is -4.37. The molecule has 2 saturated heterocycles. The number of benzene rings is 2. The lowest BCUT2D eigenvalue weighted by molar-refractivity contribution is -0.140. The number of hydrogen-bond donors (Lipinski definition) is 0. The number of piperazine rings is 1. The van der Waals surface area contributed by atoms with Crippen LogP contribution in [0.3, 0.4) is 0 Å². The fraction of sp³-hybridized carbons (Fsp3) is 0.333. The van der Waals surface area contributed by atoms with Crippen molar-refractivity contribution in [3.8, 4) is 0 Å². The number of carbonyl (C=O) groups is 2. The molecule has 32 heavy (non-hydrogen) atoms. The standard InChI is InChI=1S/C21H20ClF2N3O4S/c22-15-6-4-14(5-7-15)13-27-19(28)12-18(21(27)29)25-8-10-26(11-9-25)32(30,31)20-16(23)2-1-3-17(20)24/h1-7,18H,8-13H2/t18-/m1/s1. The van der Waals surface area contributed by atoms with Gasteiger partial charge in [0, 0.05) is 31.2 Å². The number of amides is 2. The van der Waals surface area contributed by atoms with Crippen LogP contribution >= 0.6 is 11.6 Å². The number of hydrogen-bond acceptors (Lipinski definition) is 5. The predicted molar refractivity (Wildman–Crippen MR) is 112 cm³/mol. The van der Waals surface area contributed by atoms with Gasteiger partial charge in [-0.05, 0) is 29.8 Å². The lowest BCUT2D eigenvalue weighted by Crippen LogP contribution is -2.53. The first-order valence-electron chi connectivity index (χ1n) is 9.95. The average molecular weight is 484 g/mol. The summed E-state index contributed by atoms with van der Waals surface area (Å²) in [6, 6.07) is 9.03. The molecule has 1 atom stereocenters. The van der Waals surface area contributed by atoms with E-state index in [1.54, 1.807) is 29.2 Å². The van der Waals surface area contributed by atoms with Gasteiger partial charge >= 0.3 is 0 Å². The largest absolute Gasteiger partial charge is 0.289 e. The highest BCUT2D eigenvalue weighted by Gasteiger charge is 2.43. The first kappa shape index (κ1) is 22.8. The van der Waals surface area contributed by atoms with Crippen molar-refractivity contribution in [2.75, 3.05) is 26.2 Å². The van der Waals surface area contributed by atoms with Crippen molar-refractivity contribution in [1.29, 1.82) is 0 Å². The summed E-state index contributed by atoms with van der Waals surface area (Å²) in [7, 11) is -4.37. The molecule has 0 aliphatic carbocycles. The summed E-state index contributed by atoms with van der Waals surface area (Å²) in [6.07, 6.45) is 0.00111. The van der Waals surface area contributed by atoms with Gasteiger partial charge in [-0.1, -0.05) is 29.8 Å². The van der Waals surface area contributed by atoms with Crippen LogP contribution in [-0.4, -0.2) is 66.6 Å². The van der Waals surface area contributed by atoms with Crippen LogP contribution in [0.1, 0.15) is 12.0 Å². The second-order valence-electron chi connectivity index (χ2n) is 7.66. The monoisotopic (exact) mass is 483 g/mol. The molecule has 170 valence electrons. The Labute approximate surface area is 189 Å². The molecule has 2 amide bonds. The third-order valence-electron chi connectivity index (χ3n) is 5.70. The molecule has 7 nitrogen and oxygen atoms in total. The Morgan fingerprint density at radius 3 is 2.12 bits per heavy atom. The minimum absolute atomic E-state index is 0.00111. The third-order valence-corrected chi connectivity index (χ3v) is 7.91. The molecular weight excluding hydrogens is 464 g/mol. The van der Waals surface area contributed by atoms with Gasteiger partial charge in [-0.3, -0.25) is 19.4 Å². The first-order valence-corrected chi connectivity index (χ1v) is 11.8. The van der Waals surface area contributed by atoms with Gasteiger partial charge in [0.25, 0.3) is 0 Å². The van der Waals surface area contributed by atoms with Crippen molar-refractivity contribution in [1.82, 2.24) is 14.1 Å². The number of carbonyl (C=O) groups excluding carboxylic acids is 2. The van der Waals surface area contributed by atoms with Crippen LogP contribution in [0.15, 0.2) is 47.4 Å². The molecule has 0 saturated carbocycles. The lowest BCUT2D eigenvalue weighted by Gasteiger charge is -2.36. The van der Waals surface area contributed by atoms with Crippen molar-refractivity contribution in [3.63, 3.8) is 0 Å². The van der Waals surface area contributed by atoms with Crippen LogP contribution in [0.4, 0.5) is 8.78 Å². The summed E-state index contributed by atoms with van der Waals surface area (Å²) in [5, 5.41) is 0.550. The van der Waals surface area contributed by atoms with Gasteiger partial charge in [-0.25, -0.2) is 17.2 Å². The molecule has 0 spiro atoms. The van der Waals surface area contributed by atoms with Crippen molar-refractivity contribution in [2.24, 2.45) is 0 Å². The highest BCUT2D eigenvalue weighted by atomic mass is 35.5. The second-order valence-corrected chi connectivity index (χ2v) is 9.97. The van der Waals surface area contributed by atoms with E-state index in [4.69, 9.17) is 11.6 Å². The number of sulfonamides is 1. The Kier molecular flexibility index (Phi) is 6.30. The number of rotatable bonds is 5. The van der Waals surface area contributed by atoms with Gasteiger partial charge in [0.1, 0.15) is 11.6 Å². The van der Waals surface area contributed by atoms with E-state index in [-0.39, 0.29) is 51.0 Å². The van der Waals surface area contributed by atoms with Crippen LogP contribution in [-0.2, 0) is 26.2 Å². The van der Waals surface area contributed by atoms with Gasteiger partial charge in [0.05, 0.1) is 19.0 Å². The van der Waals surface area contributed by atoms with Gasteiger partial charge in [0.15, 0.2) is 4.90 Å². The lowest BCUT2D eigenvalue weighted by atomic mass is 10.2. The van der Waals surface area contributed by atoms with Crippen LogP contribution in [0.5, 0.6) is 0 Å². The molecule has 2 heterocycles. The maximum absolute atomic E-state index is 14.0. The summed E-state index contributed by atoms with van der Waals surface area (Å²) >= 11 is 5.87. The Hall–Kier alpha value is -2.40. The normalized spacial score (nSPS) is 20.8. The zero-order chi connectivity index (χ0) is 23.0. The highest BCUT2D eigenvalue weighted by molar-refractivity contribution is 7.89. The summed E-state index contributed by atoms with van der Waals surface area (Å²) in [5.74, 6) is -2.96. The van der Waals surface area contributed by atoms with E-state index in [0.717, 1.165) is 28.1 Å². The van der Waals surface area contributed by atoms with E-state index < -0.39 is 32.6 Å². The third kappa shape index (κ3) is 4.27. The fourth-order valence-electron chi connectivity index (χ4n) is 4.00. The molecule has 0 N–H and O–H groups in total. The predicted octanol–water partition coefficient (Wildman–Crippen LogP) is 2.25. The Morgan fingerprint density at radius 2 is 1.53 bits per heavy atom. The van der Waals surface area contributed by atoms with E-state index in [1.165, 1.54) is 4.90 Å². The fourth-order valence-corrected chi connectivity index (χ4v) is 5.66. The molecule has 0 radical (unpaired) electrons.